The van der Waals surface area contributed by atoms with Crippen LogP contribution < -0.4 is 14.8 Å². The predicted octanol–water partition coefficient (Wildman–Crippen LogP) is 6.52. The average molecular weight is 482 g/mol. The molecule has 0 saturated heterocycles. The fourth-order valence-electron chi connectivity index (χ4n) is 3.40. The second-order valence-corrected chi connectivity index (χ2v) is 8.91. The lowest BCUT2D eigenvalue weighted by Gasteiger charge is -2.10. The molecule has 0 aliphatic rings. The molecule has 0 atom stereocenters. The lowest BCUT2D eigenvalue weighted by molar-refractivity contribution is -0.116. The van der Waals surface area contributed by atoms with Crippen molar-refractivity contribution in [3.8, 4) is 22.6 Å². The number of ether oxygens (including phenoxy) is 3. The Balaban J connectivity index is 1.64. The van der Waals surface area contributed by atoms with Crippen molar-refractivity contribution < 1.29 is 23.8 Å². The first kappa shape index (κ1) is 25.3. The number of anilines is 1. The van der Waals surface area contributed by atoms with Crippen LogP contribution >= 0.6 is 11.3 Å². The first-order valence-corrected chi connectivity index (χ1v) is 12.3. The van der Waals surface area contributed by atoms with Gasteiger partial charge in [0.05, 0.1) is 20.3 Å². The van der Waals surface area contributed by atoms with Gasteiger partial charge >= 0.3 is 5.97 Å². The standard InChI is InChI=1S/C27H31NO5S/c1-5-32-27(30)25-23(20-10-8-19(9-11-20)18(2)3)17-34-26(25)28-24(29)7-6-16-33-22-14-12-21(31-4)13-15-22/h8-15,17-18H,5-7,16H2,1-4H3,(H,28,29). The van der Waals surface area contributed by atoms with Crippen molar-refractivity contribution in [2.24, 2.45) is 0 Å². The molecule has 180 valence electrons. The smallest absolute Gasteiger partial charge is 0.341 e. The molecule has 34 heavy (non-hydrogen) atoms. The predicted molar refractivity (Wildman–Crippen MR) is 136 cm³/mol. The van der Waals surface area contributed by atoms with Crippen LogP contribution in [0.25, 0.3) is 11.1 Å². The molecule has 3 aromatic rings. The molecule has 2 aromatic carbocycles. The Morgan fingerprint density at radius 1 is 1.00 bits per heavy atom. The van der Waals surface area contributed by atoms with Crippen LogP contribution in [-0.4, -0.2) is 32.2 Å². The zero-order valence-electron chi connectivity index (χ0n) is 20.1. The molecule has 0 fully saturated rings. The van der Waals surface area contributed by atoms with Crippen LogP contribution in [-0.2, 0) is 9.53 Å². The zero-order chi connectivity index (χ0) is 24.5. The van der Waals surface area contributed by atoms with Gasteiger partial charge in [-0.15, -0.1) is 11.3 Å². The molecule has 6 nitrogen and oxygen atoms in total. The van der Waals surface area contributed by atoms with Crippen LogP contribution in [0.3, 0.4) is 0 Å². The monoisotopic (exact) mass is 481 g/mol. The molecule has 0 saturated carbocycles. The number of amides is 1. The highest BCUT2D eigenvalue weighted by molar-refractivity contribution is 7.15. The molecule has 0 bridgehead atoms. The third kappa shape index (κ3) is 6.60. The molecule has 0 aliphatic carbocycles. The van der Waals surface area contributed by atoms with Gasteiger partial charge in [0.15, 0.2) is 0 Å². The minimum Gasteiger partial charge on any atom is -0.497 e. The second kappa shape index (κ2) is 12.2. The third-order valence-corrected chi connectivity index (χ3v) is 6.18. The van der Waals surface area contributed by atoms with E-state index in [4.69, 9.17) is 14.2 Å². The number of rotatable bonds is 11. The number of hydrogen-bond acceptors (Lipinski definition) is 6. The lowest BCUT2D eigenvalue weighted by atomic mass is 9.98. The molecule has 0 spiro atoms. The fraction of sp³-hybridized carbons (Fsp3) is 0.333. The van der Waals surface area contributed by atoms with Crippen molar-refractivity contribution in [3.05, 3.63) is 65.0 Å². The fourth-order valence-corrected chi connectivity index (χ4v) is 4.37. The van der Waals surface area contributed by atoms with Crippen LogP contribution in [0.2, 0.25) is 0 Å². The van der Waals surface area contributed by atoms with Crippen molar-refractivity contribution in [2.45, 2.75) is 39.5 Å². The molecular weight excluding hydrogens is 450 g/mol. The molecule has 0 aliphatic heterocycles. The van der Waals surface area contributed by atoms with Crippen LogP contribution in [0, 0.1) is 0 Å². The van der Waals surface area contributed by atoms with Gasteiger partial charge in [-0.2, -0.15) is 0 Å². The highest BCUT2D eigenvalue weighted by Gasteiger charge is 2.22. The summed E-state index contributed by atoms with van der Waals surface area (Å²) >= 11 is 1.33. The van der Waals surface area contributed by atoms with E-state index >= 15 is 0 Å². The number of methoxy groups -OCH3 is 1. The number of carbonyl (C=O) groups is 2. The first-order valence-electron chi connectivity index (χ1n) is 11.4. The number of thiophene rings is 1. The number of hydrogen-bond donors (Lipinski definition) is 1. The summed E-state index contributed by atoms with van der Waals surface area (Å²) in [5, 5.41) is 5.28. The van der Waals surface area contributed by atoms with E-state index in [0.717, 1.165) is 22.6 Å². The van der Waals surface area contributed by atoms with Crippen molar-refractivity contribution in [1.29, 1.82) is 0 Å². The summed E-state index contributed by atoms with van der Waals surface area (Å²) in [6.07, 6.45) is 0.816. The van der Waals surface area contributed by atoms with Gasteiger partial charge in [0, 0.05) is 17.4 Å². The highest BCUT2D eigenvalue weighted by Crippen LogP contribution is 2.37. The van der Waals surface area contributed by atoms with E-state index in [9.17, 15) is 9.59 Å². The van der Waals surface area contributed by atoms with Gasteiger partial charge in [-0.3, -0.25) is 4.79 Å². The summed E-state index contributed by atoms with van der Waals surface area (Å²) < 4.78 is 16.1. The third-order valence-electron chi connectivity index (χ3n) is 5.29. The topological polar surface area (TPSA) is 73.9 Å². The van der Waals surface area contributed by atoms with Crippen LogP contribution in [0.5, 0.6) is 11.5 Å². The summed E-state index contributed by atoms with van der Waals surface area (Å²) in [4.78, 5) is 25.3. The SMILES string of the molecule is CCOC(=O)c1c(-c2ccc(C(C)C)cc2)csc1NC(=O)CCCOc1ccc(OC)cc1. The molecule has 3 rings (SSSR count). The highest BCUT2D eigenvalue weighted by atomic mass is 32.1. The maximum Gasteiger partial charge on any atom is 0.341 e. The normalized spacial score (nSPS) is 10.7. The van der Waals surface area contributed by atoms with E-state index < -0.39 is 5.97 Å². The molecule has 1 aromatic heterocycles. The number of benzene rings is 2. The Bertz CT molecular complexity index is 1090. The summed E-state index contributed by atoms with van der Waals surface area (Å²) in [5.74, 6) is 1.29. The zero-order valence-corrected chi connectivity index (χ0v) is 20.9. The van der Waals surface area contributed by atoms with Crippen molar-refractivity contribution in [2.75, 3.05) is 25.6 Å². The van der Waals surface area contributed by atoms with Gasteiger partial charge < -0.3 is 19.5 Å². The van der Waals surface area contributed by atoms with E-state index in [-0.39, 0.29) is 18.9 Å². The number of carbonyl (C=O) groups excluding carboxylic acids is 2. The van der Waals surface area contributed by atoms with Crippen LogP contribution in [0.1, 0.15) is 55.5 Å². The second-order valence-electron chi connectivity index (χ2n) is 8.03. The van der Waals surface area contributed by atoms with Gasteiger partial charge in [-0.1, -0.05) is 38.1 Å². The van der Waals surface area contributed by atoms with Gasteiger partial charge in [0.2, 0.25) is 5.91 Å². The maximum absolute atomic E-state index is 12.7. The van der Waals surface area contributed by atoms with Gasteiger partial charge in [-0.05, 0) is 54.7 Å². The van der Waals surface area contributed by atoms with E-state index in [0.29, 0.717) is 29.5 Å². The van der Waals surface area contributed by atoms with Crippen LogP contribution in [0.15, 0.2) is 53.9 Å². The summed E-state index contributed by atoms with van der Waals surface area (Å²) in [5.41, 5.74) is 3.29. The van der Waals surface area contributed by atoms with E-state index in [1.54, 1.807) is 14.0 Å². The molecule has 1 N–H and O–H groups in total. The minimum atomic E-state index is -0.440. The Morgan fingerprint density at radius 3 is 2.29 bits per heavy atom. The van der Waals surface area contributed by atoms with Gasteiger partial charge in [0.1, 0.15) is 22.1 Å². The van der Waals surface area contributed by atoms with Gasteiger partial charge in [-0.25, -0.2) is 4.79 Å². The van der Waals surface area contributed by atoms with E-state index in [2.05, 4.69) is 31.3 Å². The number of nitrogens with one attached hydrogen (secondary N) is 1. The van der Waals surface area contributed by atoms with Gasteiger partial charge in [0.25, 0.3) is 0 Å². The molecular formula is C27H31NO5S. The molecule has 0 radical (unpaired) electrons. The Kier molecular flexibility index (Phi) is 9.10. The maximum atomic E-state index is 12.7. The largest absolute Gasteiger partial charge is 0.497 e. The Hall–Kier alpha value is -3.32. The van der Waals surface area contributed by atoms with E-state index in [1.807, 2.05) is 41.8 Å². The quantitative estimate of drug-likeness (QED) is 0.249. The van der Waals surface area contributed by atoms with Crippen LogP contribution in [0.4, 0.5) is 5.00 Å². The van der Waals surface area contributed by atoms with Crippen molar-refractivity contribution >= 4 is 28.2 Å². The van der Waals surface area contributed by atoms with E-state index in [1.165, 1.54) is 16.9 Å². The molecule has 1 amide bonds. The van der Waals surface area contributed by atoms with Crippen molar-refractivity contribution in [3.63, 3.8) is 0 Å². The molecule has 1 heterocycles. The first-order chi connectivity index (χ1) is 16.4. The molecule has 7 heteroatoms. The number of esters is 1. The summed E-state index contributed by atoms with van der Waals surface area (Å²) in [6, 6.07) is 15.4. The van der Waals surface area contributed by atoms with Crippen molar-refractivity contribution in [1.82, 2.24) is 0 Å². The summed E-state index contributed by atoms with van der Waals surface area (Å²) in [7, 11) is 1.61. The summed E-state index contributed by atoms with van der Waals surface area (Å²) in [6.45, 7) is 6.71. The average Bonchev–Trinajstić information content (AvgIpc) is 3.26. The Labute approximate surface area is 204 Å². The Morgan fingerprint density at radius 2 is 1.68 bits per heavy atom. The lowest BCUT2D eigenvalue weighted by Crippen LogP contribution is -2.15. The minimum absolute atomic E-state index is 0.174. The molecule has 0 unspecified atom stereocenters.